The van der Waals surface area contributed by atoms with E-state index in [0.717, 1.165) is 6.42 Å². The summed E-state index contributed by atoms with van der Waals surface area (Å²) in [6.45, 7) is 8.71. The lowest BCUT2D eigenvalue weighted by atomic mass is 10.0. The summed E-state index contributed by atoms with van der Waals surface area (Å²) in [5.41, 5.74) is -0.202. The molecule has 0 aliphatic heterocycles. The van der Waals surface area contributed by atoms with Crippen molar-refractivity contribution in [1.82, 2.24) is 0 Å². The topological polar surface area (TPSA) is 47.6 Å². The molecule has 0 aliphatic carbocycles. The van der Waals surface area contributed by atoms with Crippen molar-refractivity contribution in [2.24, 2.45) is 0 Å². The van der Waals surface area contributed by atoms with Crippen LogP contribution in [0.3, 0.4) is 0 Å². The third-order valence-electron chi connectivity index (χ3n) is 3.27. The van der Waals surface area contributed by atoms with Gasteiger partial charge in [0.25, 0.3) is 5.91 Å². The van der Waals surface area contributed by atoms with Crippen molar-refractivity contribution in [2.75, 3.05) is 18.5 Å². The third-order valence-corrected chi connectivity index (χ3v) is 3.56. The molecule has 1 N–H and O–H groups in total. The van der Waals surface area contributed by atoms with Gasteiger partial charge in [0.15, 0.2) is 0 Å². The molecule has 0 aliphatic rings. The van der Waals surface area contributed by atoms with Crippen LogP contribution in [0.5, 0.6) is 5.75 Å². The van der Waals surface area contributed by atoms with Gasteiger partial charge in [0.2, 0.25) is 0 Å². The van der Waals surface area contributed by atoms with Gasteiger partial charge in [0.1, 0.15) is 11.4 Å². The molecule has 0 unspecified atom stereocenters. The first-order chi connectivity index (χ1) is 9.96. The van der Waals surface area contributed by atoms with E-state index in [9.17, 15) is 4.79 Å². The fourth-order valence-corrected chi connectivity index (χ4v) is 2.05. The zero-order valence-corrected chi connectivity index (χ0v) is 13.9. The first-order valence-corrected chi connectivity index (χ1v) is 7.72. The Morgan fingerprint density at radius 3 is 2.57 bits per heavy atom. The van der Waals surface area contributed by atoms with Crippen molar-refractivity contribution in [3.63, 3.8) is 0 Å². The van der Waals surface area contributed by atoms with Gasteiger partial charge in [-0.05, 0) is 44.9 Å². The molecule has 1 atom stereocenters. The minimum atomic E-state index is -0.835. The van der Waals surface area contributed by atoms with E-state index in [1.165, 1.54) is 0 Å². The number of ether oxygens (including phenoxy) is 2. The summed E-state index contributed by atoms with van der Waals surface area (Å²) in [5, 5.41) is 3.32. The van der Waals surface area contributed by atoms with Crippen LogP contribution in [0.2, 0.25) is 5.02 Å². The largest absolute Gasteiger partial charge is 0.492 e. The summed E-state index contributed by atoms with van der Waals surface area (Å²) in [4.78, 5) is 12.3. The molecule has 1 rings (SSSR count). The highest BCUT2D eigenvalue weighted by Crippen LogP contribution is 2.28. The van der Waals surface area contributed by atoms with Crippen molar-refractivity contribution in [3.05, 3.63) is 23.2 Å². The monoisotopic (exact) mass is 313 g/mol. The molecule has 0 aromatic heterocycles. The summed E-state index contributed by atoms with van der Waals surface area (Å²) in [6, 6.07) is 5.22. The number of carbonyl (C=O) groups excluding carboxylic acids is 1. The Morgan fingerprint density at radius 2 is 2.05 bits per heavy atom. The van der Waals surface area contributed by atoms with E-state index in [-0.39, 0.29) is 5.91 Å². The van der Waals surface area contributed by atoms with Gasteiger partial charge in [-0.1, -0.05) is 25.4 Å². The second-order valence-corrected chi connectivity index (χ2v) is 5.37. The lowest BCUT2D eigenvalue weighted by Crippen LogP contribution is -2.42. The molecule has 118 valence electrons. The summed E-state index contributed by atoms with van der Waals surface area (Å²) < 4.78 is 11.1. The maximum atomic E-state index is 12.3. The molecule has 21 heavy (non-hydrogen) atoms. The first-order valence-electron chi connectivity index (χ1n) is 7.34. The SMILES string of the molecule is CCCOc1ccc(NC(=O)[C@](C)(CC)OCC)cc1Cl. The van der Waals surface area contributed by atoms with Crippen molar-refractivity contribution in [1.29, 1.82) is 0 Å². The zero-order chi connectivity index (χ0) is 15.9. The highest BCUT2D eigenvalue weighted by Gasteiger charge is 2.31. The second-order valence-electron chi connectivity index (χ2n) is 4.97. The fourth-order valence-electron chi connectivity index (χ4n) is 1.82. The van der Waals surface area contributed by atoms with E-state index in [4.69, 9.17) is 21.1 Å². The number of nitrogens with one attached hydrogen (secondary N) is 1. The quantitative estimate of drug-likeness (QED) is 0.779. The van der Waals surface area contributed by atoms with Crippen molar-refractivity contribution < 1.29 is 14.3 Å². The van der Waals surface area contributed by atoms with E-state index in [2.05, 4.69) is 5.32 Å². The average molecular weight is 314 g/mol. The van der Waals surface area contributed by atoms with Crippen molar-refractivity contribution in [3.8, 4) is 5.75 Å². The van der Waals surface area contributed by atoms with E-state index in [1.807, 2.05) is 20.8 Å². The Kier molecular flexibility index (Phi) is 6.99. The van der Waals surface area contributed by atoms with Crippen LogP contribution in [0, 0.1) is 0 Å². The minimum absolute atomic E-state index is 0.176. The Morgan fingerprint density at radius 1 is 1.33 bits per heavy atom. The van der Waals surface area contributed by atoms with Gasteiger partial charge in [-0.25, -0.2) is 0 Å². The standard InChI is InChI=1S/C16H24ClNO3/c1-5-10-20-14-9-8-12(11-13(14)17)18-15(19)16(4,6-2)21-7-3/h8-9,11H,5-7,10H2,1-4H3,(H,18,19)/t16-/m0/s1. The van der Waals surface area contributed by atoms with Crippen LogP contribution < -0.4 is 10.1 Å². The van der Waals surface area contributed by atoms with Gasteiger partial charge in [-0.2, -0.15) is 0 Å². The molecular weight excluding hydrogens is 290 g/mol. The molecule has 0 radical (unpaired) electrons. The third kappa shape index (κ3) is 4.90. The van der Waals surface area contributed by atoms with Crippen LogP contribution in [0.4, 0.5) is 5.69 Å². The predicted molar refractivity (Wildman–Crippen MR) is 86.2 cm³/mol. The molecule has 0 spiro atoms. The minimum Gasteiger partial charge on any atom is -0.492 e. The number of hydrogen-bond acceptors (Lipinski definition) is 3. The number of hydrogen-bond donors (Lipinski definition) is 1. The van der Waals surface area contributed by atoms with E-state index < -0.39 is 5.60 Å². The van der Waals surface area contributed by atoms with Gasteiger partial charge >= 0.3 is 0 Å². The Hall–Kier alpha value is -1.26. The molecule has 0 bridgehead atoms. The van der Waals surface area contributed by atoms with Gasteiger partial charge in [0.05, 0.1) is 11.6 Å². The molecule has 0 fully saturated rings. The van der Waals surface area contributed by atoms with E-state index >= 15 is 0 Å². The number of rotatable bonds is 8. The summed E-state index contributed by atoms with van der Waals surface area (Å²) in [7, 11) is 0. The van der Waals surface area contributed by atoms with Crippen LogP contribution in [0.25, 0.3) is 0 Å². The molecule has 1 aromatic rings. The summed E-state index contributed by atoms with van der Waals surface area (Å²) >= 11 is 6.15. The first kappa shape index (κ1) is 17.8. The van der Waals surface area contributed by atoms with Gasteiger partial charge in [-0.3, -0.25) is 4.79 Å². The molecule has 5 heteroatoms. The number of halogens is 1. The van der Waals surface area contributed by atoms with Gasteiger partial charge in [0, 0.05) is 12.3 Å². The summed E-state index contributed by atoms with van der Waals surface area (Å²) in [6.07, 6.45) is 1.51. The van der Waals surface area contributed by atoms with Crippen LogP contribution in [-0.4, -0.2) is 24.7 Å². The lowest BCUT2D eigenvalue weighted by Gasteiger charge is -2.26. The highest BCUT2D eigenvalue weighted by atomic mass is 35.5. The smallest absolute Gasteiger partial charge is 0.256 e. The highest BCUT2D eigenvalue weighted by molar-refractivity contribution is 6.32. The van der Waals surface area contributed by atoms with E-state index in [1.54, 1.807) is 25.1 Å². The molecule has 1 amide bonds. The number of carbonyl (C=O) groups is 1. The van der Waals surface area contributed by atoms with Gasteiger partial charge in [-0.15, -0.1) is 0 Å². The average Bonchev–Trinajstić information content (AvgIpc) is 2.46. The lowest BCUT2D eigenvalue weighted by molar-refractivity contribution is -0.139. The van der Waals surface area contributed by atoms with Crippen LogP contribution in [0.1, 0.15) is 40.5 Å². The van der Waals surface area contributed by atoms with Crippen LogP contribution >= 0.6 is 11.6 Å². The molecule has 4 nitrogen and oxygen atoms in total. The molecule has 1 aromatic carbocycles. The van der Waals surface area contributed by atoms with Crippen LogP contribution in [-0.2, 0) is 9.53 Å². The predicted octanol–water partition coefficient (Wildman–Crippen LogP) is 4.27. The fraction of sp³-hybridized carbons (Fsp3) is 0.562. The normalized spacial score (nSPS) is 13.6. The molecule has 0 saturated carbocycles. The zero-order valence-electron chi connectivity index (χ0n) is 13.2. The van der Waals surface area contributed by atoms with Crippen LogP contribution in [0.15, 0.2) is 18.2 Å². The number of anilines is 1. The maximum Gasteiger partial charge on any atom is 0.256 e. The number of amides is 1. The van der Waals surface area contributed by atoms with Gasteiger partial charge < -0.3 is 14.8 Å². The molecule has 0 heterocycles. The summed E-state index contributed by atoms with van der Waals surface area (Å²) in [5.74, 6) is 0.449. The molecular formula is C16H24ClNO3. The second kappa shape index (κ2) is 8.25. The van der Waals surface area contributed by atoms with E-state index in [0.29, 0.717) is 36.1 Å². The Labute approximate surface area is 131 Å². The maximum absolute atomic E-state index is 12.3. The molecule has 0 saturated heterocycles. The van der Waals surface area contributed by atoms with Crippen molar-refractivity contribution in [2.45, 2.75) is 46.1 Å². The Balaban J connectivity index is 2.79. The number of benzene rings is 1. The van der Waals surface area contributed by atoms with Crippen molar-refractivity contribution >= 4 is 23.2 Å². The Bertz CT molecular complexity index is 479.